The lowest BCUT2D eigenvalue weighted by Crippen LogP contribution is -2.04. The second-order valence-corrected chi connectivity index (χ2v) is 4.08. The Balaban J connectivity index is 2.03. The number of nitrogens with one attached hydrogen (secondary N) is 1. The molecular weight excluding hydrogens is 226 g/mol. The molecule has 0 radical (unpaired) electrons. The fraction of sp³-hybridized carbons (Fsp3) is 0.214. The third-order valence-corrected chi connectivity index (χ3v) is 2.73. The van der Waals surface area contributed by atoms with E-state index >= 15 is 0 Å². The number of aromatic nitrogens is 1. The molecule has 0 aliphatic heterocycles. The molecule has 0 aliphatic rings. The fourth-order valence-electron chi connectivity index (χ4n) is 1.77. The van der Waals surface area contributed by atoms with Crippen molar-refractivity contribution in [3.05, 3.63) is 53.7 Å². The molecule has 0 atom stereocenters. The number of nitrogen functional groups attached to an aromatic ring is 1. The van der Waals surface area contributed by atoms with Gasteiger partial charge in [0, 0.05) is 25.0 Å². The van der Waals surface area contributed by atoms with Crippen molar-refractivity contribution in [1.82, 2.24) is 4.98 Å². The summed E-state index contributed by atoms with van der Waals surface area (Å²) in [6.07, 6.45) is 2.42. The van der Waals surface area contributed by atoms with Crippen LogP contribution in [0.2, 0.25) is 0 Å². The lowest BCUT2D eigenvalue weighted by molar-refractivity contribution is 0.300. The highest BCUT2D eigenvalue weighted by Crippen LogP contribution is 2.16. The smallest absolute Gasteiger partial charge is 0.123 e. The summed E-state index contributed by atoms with van der Waals surface area (Å²) in [7, 11) is 0. The SMILES string of the molecule is Nc1ccc(CNc2ccccc2CCO)cn1. The van der Waals surface area contributed by atoms with Gasteiger partial charge < -0.3 is 16.2 Å². The third-order valence-electron chi connectivity index (χ3n) is 2.73. The zero-order valence-corrected chi connectivity index (χ0v) is 10.1. The van der Waals surface area contributed by atoms with Gasteiger partial charge >= 0.3 is 0 Å². The molecule has 4 N–H and O–H groups in total. The summed E-state index contributed by atoms with van der Waals surface area (Å²) in [6, 6.07) is 11.7. The number of aliphatic hydroxyl groups excluding tert-OH is 1. The van der Waals surface area contributed by atoms with Gasteiger partial charge in [-0.1, -0.05) is 24.3 Å². The Bertz CT molecular complexity index is 497. The Labute approximate surface area is 106 Å². The molecule has 94 valence electrons. The molecule has 0 fully saturated rings. The maximum Gasteiger partial charge on any atom is 0.123 e. The number of nitrogens with zero attached hydrogens (tertiary/aromatic N) is 1. The normalized spacial score (nSPS) is 10.3. The second-order valence-electron chi connectivity index (χ2n) is 4.08. The molecule has 0 aliphatic carbocycles. The van der Waals surface area contributed by atoms with E-state index in [2.05, 4.69) is 10.3 Å². The van der Waals surface area contributed by atoms with E-state index < -0.39 is 0 Å². The number of benzene rings is 1. The quantitative estimate of drug-likeness (QED) is 0.749. The van der Waals surface area contributed by atoms with E-state index in [1.807, 2.05) is 30.3 Å². The molecule has 1 aromatic heterocycles. The number of pyridine rings is 1. The molecule has 4 heteroatoms. The summed E-state index contributed by atoms with van der Waals surface area (Å²) in [6.45, 7) is 0.845. The maximum atomic E-state index is 9.01. The molecule has 0 bridgehead atoms. The molecule has 1 heterocycles. The van der Waals surface area contributed by atoms with Crippen LogP contribution in [0.3, 0.4) is 0 Å². The van der Waals surface area contributed by atoms with Gasteiger partial charge in [0.05, 0.1) is 0 Å². The van der Waals surface area contributed by atoms with E-state index in [1.54, 1.807) is 12.3 Å². The van der Waals surface area contributed by atoms with Crippen molar-refractivity contribution in [3.8, 4) is 0 Å². The first-order chi connectivity index (χ1) is 8.79. The van der Waals surface area contributed by atoms with E-state index in [4.69, 9.17) is 10.8 Å². The number of aliphatic hydroxyl groups is 1. The predicted molar refractivity (Wildman–Crippen MR) is 73.2 cm³/mol. The second kappa shape index (κ2) is 6.02. The van der Waals surface area contributed by atoms with Gasteiger partial charge in [-0.25, -0.2) is 4.98 Å². The van der Waals surface area contributed by atoms with Crippen molar-refractivity contribution in [1.29, 1.82) is 0 Å². The van der Waals surface area contributed by atoms with Crippen LogP contribution in [0.5, 0.6) is 0 Å². The van der Waals surface area contributed by atoms with Crippen molar-refractivity contribution >= 4 is 11.5 Å². The van der Waals surface area contributed by atoms with Crippen LogP contribution in [0, 0.1) is 0 Å². The summed E-state index contributed by atoms with van der Waals surface area (Å²) in [5.74, 6) is 0.527. The highest BCUT2D eigenvalue weighted by Gasteiger charge is 2.01. The van der Waals surface area contributed by atoms with Gasteiger partial charge in [-0.05, 0) is 29.7 Å². The number of hydrogen-bond acceptors (Lipinski definition) is 4. The highest BCUT2D eigenvalue weighted by atomic mass is 16.2. The van der Waals surface area contributed by atoms with Crippen molar-refractivity contribution in [3.63, 3.8) is 0 Å². The van der Waals surface area contributed by atoms with Gasteiger partial charge in [0.15, 0.2) is 0 Å². The average molecular weight is 243 g/mol. The van der Waals surface area contributed by atoms with Crippen LogP contribution in [0.4, 0.5) is 11.5 Å². The van der Waals surface area contributed by atoms with Crippen LogP contribution >= 0.6 is 0 Å². The van der Waals surface area contributed by atoms with Crippen LogP contribution in [0.1, 0.15) is 11.1 Å². The van der Waals surface area contributed by atoms with Crippen molar-refractivity contribution in [2.45, 2.75) is 13.0 Å². The van der Waals surface area contributed by atoms with E-state index in [-0.39, 0.29) is 6.61 Å². The lowest BCUT2D eigenvalue weighted by atomic mass is 10.1. The average Bonchev–Trinajstić information content (AvgIpc) is 2.40. The minimum absolute atomic E-state index is 0.155. The van der Waals surface area contributed by atoms with E-state index in [1.165, 1.54) is 0 Å². The molecule has 1 aromatic carbocycles. The van der Waals surface area contributed by atoms with Gasteiger partial charge in [-0.2, -0.15) is 0 Å². The Morgan fingerprint density at radius 2 is 2.00 bits per heavy atom. The lowest BCUT2D eigenvalue weighted by Gasteiger charge is -2.11. The van der Waals surface area contributed by atoms with Crippen LogP contribution in [-0.4, -0.2) is 16.7 Å². The van der Waals surface area contributed by atoms with Crippen molar-refractivity contribution < 1.29 is 5.11 Å². The summed E-state index contributed by atoms with van der Waals surface area (Å²) in [5.41, 5.74) is 8.77. The monoisotopic (exact) mass is 243 g/mol. The van der Waals surface area contributed by atoms with E-state index in [0.29, 0.717) is 18.8 Å². The Morgan fingerprint density at radius 1 is 1.17 bits per heavy atom. The van der Waals surface area contributed by atoms with Crippen LogP contribution in [0.25, 0.3) is 0 Å². The molecule has 2 aromatic rings. The zero-order chi connectivity index (χ0) is 12.8. The van der Waals surface area contributed by atoms with Crippen LogP contribution in [0.15, 0.2) is 42.6 Å². The van der Waals surface area contributed by atoms with E-state index in [0.717, 1.165) is 16.8 Å². The fourth-order valence-corrected chi connectivity index (χ4v) is 1.77. The Kier molecular flexibility index (Phi) is 4.15. The molecule has 0 spiro atoms. The number of rotatable bonds is 5. The first-order valence-corrected chi connectivity index (χ1v) is 5.92. The summed E-state index contributed by atoms with van der Waals surface area (Å²) in [4.78, 5) is 4.05. The van der Waals surface area contributed by atoms with Crippen molar-refractivity contribution in [2.24, 2.45) is 0 Å². The number of hydrogen-bond donors (Lipinski definition) is 3. The number of para-hydroxylation sites is 1. The largest absolute Gasteiger partial charge is 0.396 e. The first kappa shape index (κ1) is 12.4. The minimum atomic E-state index is 0.155. The summed E-state index contributed by atoms with van der Waals surface area (Å²) < 4.78 is 0. The molecule has 18 heavy (non-hydrogen) atoms. The van der Waals surface area contributed by atoms with Gasteiger partial charge in [0.1, 0.15) is 5.82 Å². The standard InChI is InChI=1S/C14H17N3O/c15-14-6-5-11(10-17-14)9-16-13-4-2-1-3-12(13)7-8-18/h1-6,10,16,18H,7-9H2,(H2,15,17). The van der Waals surface area contributed by atoms with Crippen LogP contribution in [-0.2, 0) is 13.0 Å². The Hall–Kier alpha value is -2.07. The molecule has 0 saturated heterocycles. The summed E-state index contributed by atoms with van der Waals surface area (Å²) >= 11 is 0. The topological polar surface area (TPSA) is 71.2 Å². The van der Waals surface area contributed by atoms with Gasteiger partial charge in [0.2, 0.25) is 0 Å². The third kappa shape index (κ3) is 3.21. The van der Waals surface area contributed by atoms with Crippen LogP contribution < -0.4 is 11.1 Å². The van der Waals surface area contributed by atoms with Gasteiger partial charge in [0.25, 0.3) is 0 Å². The zero-order valence-electron chi connectivity index (χ0n) is 10.1. The molecule has 4 nitrogen and oxygen atoms in total. The molecule has 0 unspecified atom stereocenters. The minimum Gasteiger partial charge on any atom is -0.396 e. The molecule has 0 saturated carbocycles. The molecular formula is C14H17N3O. The Morgan fingerprint density at radius 3 is 2.72 bits per heavy atom. The van der Waals surface area contributed by atoms with Gasteiger partial charge in [-0.3, -0.25) is 0 Å². The van der Waals surface area contributed by atoms with Crippen molar-refractivity contribution in [2.75, 3.05) is 17.7 Å². The predicted octanol–water partition coefficient (Wildman–Crippen LogP) is 1.81. The first-order valence-electron chi connectivity index (χ1n) is 5.92. The highest BCUT2D eigenvalue weighted by molar-refractivity contribution is 5.51. The van der Waals surface area contributed by atoms with E-state index in [9.17, 15) is 0 Å². The number of anilines is 2. The number of nitrogens with two attached hydrogens (primary N) is 1. The van der Waals surface area contributed by atoms with Gasteiger partial charge in [-0.15, -0.1) is 0 Å². The maximum absolute atomic E-state index is 9.01. The molecule has 0 amide bonds. The molecule has 2 rings (SSSR count). The summed E-state index contributed by atoms with van der Waals surface area (Å²) in [5, 5.41) is 12.4.